The quantitative estimate of drug-likeness (QED) is 0.760. The van der Waals surface area contributed by atoms with Gasteiger partial charge in [-0.1, -0.05) is 0 Å². The molecule has 0 radical (unpaired) electrons. The van der Waals surface area contributed by atoms with Gasteiger partial charge in [-0.05, 0) is 13.8 Å². The van der Waals surface area contributed by atoms with E-state index < -0.39 is 11.5 Å². The van der Waals surface area contributed by atoms with Crippen molar-refractivity contribution in [1.29, 1.82) is 0 Å². The lowest BCUT2D eigenvalue weighted by atomic mass is 9.81. The zero-order valence-corrected chi connectivity index (χ0v) is 10.6. The highest BCUT2D eigenvalue weighted by atomic mass is 16.5. The molecule has 0 amide bonds. The number of ketones is 2. The Kier molecular flexibility index (Phi) is 2.53. The fourth-order valence-corrected chi connectivity index (χ4v) is 2.81. The fourth-order valence-electron chi connectivity index (χ4n) is 2.81. The van der Waals surface area contributed by atoms with Crippen molar-refractivity contribution in [2.24, 2.45) is 0 Å². The predicted molar refractivity (Wildman–Crippen MR) is 67.4 cm³/mol. The number of pyridine rings is 1. The summed E-state index contributed by atoms with van der Waals surface area (Å²) in [5.41, 5.74) is 0.441. The molecular weight excluding hydrogens is 246 g/mol. The molecule has 2 aliphatic rings. The fraction of sp³-hybridized carbons (Fsp3) is 0.357. The first-order chi connectivity index (χ1) is 9.00. The Bertz CT molecular complexity index is 683. The number of H-pyrrole nitrogens is 1. The topological polar surface area (TPSA) is 76.2 Å². The number of ether oxygens (including phenoxy) is 1. The van der Waals surface area contributed by atoms with Crippen molar-refractivity contribution in [3.63, 3.8) is 0 Å². The second kappa shape index (κ2) is 3.99. The standard InChI is InChI=1S/C14H13NO4/c1-6-5-8-10(7(2)19-6)14(18)11-9(16)3-4-15-12(11)13(8)17/h3-4,6-7H,5H2,1-2H3,(H,15,16)/t6-,7+/m0/s1. The van der Waals surface area contributed by atoms with E-state index in [1.54, 1.807) is 6.92 Å². The highest BCUT2D eigenvalue weighted by Gasteiger charge is 2.40. The van der Waals surface area contributed by atoms with Crippen LogP contribution in [0.25, 0.3) is 0 Å². The van der Waals surface area contributed by atoms with Crippen LogP contribution in [0.15, 0.2) is 28.2 Å². The summed E-state index contributed by atoms with van der Waals surface area (Å²) < 4.78 is 5.59. The van der Waals surface area contributed by atoms with Crippen molar-refractivity contribution in [3.8, 4) is 0 Å². The van der Waals surface area contributed by atoms with E-state index in [-0.39, 0.29) is 28.9 Å². The molecule has 0 aromatic carbocycles. The van der Waals surface area contributed by atoms with Crippen molar-refractivity contribution in [2.45, 2.75) is 32.5 Å². The molecular formula is C14H13NO4. The minimum atomic E-state index is -0.456. The number of hydrogen-bond acceptors (Lipinski definition) is 4. The number of aromatic nitrogens is 1. The molecule has 2 atom stereocenters. The molecule has 0 saturated carbocycles. The highest BCUT2D eigenvalue weighted by molar-refractivity contribution is 6.26. The van der Waals surface area contributed by atoms with Crippen LogP contribution < -0.4 is 5.43 Å². The molecule has 1 N–H and O–H groups in total. The van der Waals surface area contributed by atoms with Crippen LogP contribution in [0.4, 0.5) is 0 Å². The monoisotopic (exact) mass is 259 g/mol. The van der Waals surface area contributed by atoms with Crippen LogP contribution in [0.2, 0.25) is 0 Å². The Morgan fingerprint density at radius 3 is 2.68 bits per heavy atom. The Labute approximate surface area is 109 Å². The maximum Gasteiger partial charge on any atom is 0.206 e. The van der Waals surface area contributed by atoms with E-state index in [0.717, 1.165) is 0 Å². The van der Waals surface area contributed by atoms with Gasteiger partial charge in [-0.15, -0.1) is 0 Å². The summed E-state index contributed by atoms with van der Waals surface area (Å²) in [6.45, 7) is 3.60. The van der Waals surface area contributed by atoms with Gasteiger partial charge in [0.2, 0.25) is 5.78 Å². The van der Waals surface area contributed by atoms with E-state index in [0.29, 0.717) is 17.6 Å². The minimum Gasteiger partial charge on any atom is -0.370 e. The Morgan fingerprint density at radius 2 is 1.95 bits per heavy atom. The van der Waals surface area contributed by atoms with Gasteiger partial charge in [0.15, 0.2) is 11.2 Å². The normalized spacial score (nSPS) is 26.2. The van der Waals surface area contributed by atoms with E-state index in [2.05, 4.69) is 4.98 Å². The molecule has 1 aromatic rings. The number of nitrogens with one attached hydrogen (secondary N) is 1. The van der Waals surface area contributed by atoms with Gasteiger partial charge in [0.25, 0.3) is 0 Å². The number of rotatable bonds is 0. The second-order valence-electron chi connectivity index (χ2n) is 4.94. The van der Waals surface area contributed by atoms with Gasteiger partial charge in [-0.3, -0.25) is 14.4 Å². The number of hydrogen-bond donors (Lipinski definition) is 1. The van der Waals surface area contributed by atoms with Gasteiger partial charge in [0.1, 0.15) is 5.69 Å². The molecule has 5 nitrogen and oxygen atoms in total. The van der Waals surface area contributed by atoms with E-state index in [4.69, 9.17) is 4.74 Å². The maximum atomic E-state index is 12.4. The predicted octanol–water partition coefficient (Wildman–Crippen LogP) is 1.25. The number of Topliss-reactive ketones (excluding diaryl/α,β-unsaturated/α-hetero) is 2. The summed E-state index contributed by atoms with van der Waals surface area (Å²) in [6, 6.07) is 1.26. The first kappa shape index (κ1) is 12.0. The minimum absolute atomic E-state index is 0.0590. The summed E-state index contributed by atoms with van der Waals surface area (Å²) in [6.07, 6.45) is 1.23. The smallest absolute Gasteiger partial charge is 0.206 e. The van der Waals surface area contributed by atoms with E-state index in [1.165, 1.54) is 12.3 Å². The van der Waals surface area contributed by atoms with Crippen LogP contribution in [0.5, 0.6) is 0 Å². The third-order valence-corrected chi connectivity index (χ3v) is 3.59. The van der Waals surface area contributed by atoms with Gasteiger partial charge >= 0.3 is 0 Å². The van der Waals surface area contributed by atoms with E-state index in [1.807, 2.05) is 6.92 Å². The molecule has 0 saturated heterocycles. The van der Waals surface area contributed by atoms with Crippen molar-refractivity contribution in [1.82, 2.24) is 4.98 Å². The van der Waals surface area contributed by atoms with Crippen molar-refractivity contribution >= 4 is 11.6 Å². The van der Waals surface area contributed by atoms with Crippen LogP contribution in [0.1, 0.15) is 41.1 Å². The third-order valence-electron chi connectivity index (χ3n) is 3.59. The molecule has 0 bridgehead atoms. The van der Waals surface area contributed by atoms with Gasteiger partial charge in [-0.25, -0.2) is 0 Å². The Hall–Kier alpha value is -2.01. The number of aromatic amines is 1. The maximum absolute atomic E-state index is 12.4. The molecule has 0 unspecified atom stereocenters. The van der Waals surface area contributed by atoms with Gasteiger partial charge in [-0.2, -0.15) is 0 Å². The van der Waals surface area contributed by atoms with Crippen LogP contribution in [-0.4, -0.2) is 28.8 Å². The summed E-state index contributed by atoms with van der Waals surface area (Å²) in [7, 11) is 0. The zero-order valence-electron chi connectivity index (χ0n) is 10.6. The van der Waals surface area contributed by atoms with E-state index in [9.17, 15) is 14.4 Å². The first-order valence-corrected chi connectivity index (χ1v) is 6.20. The van der Waals surface area contributed by atoms with Gasteiger partial charge in [0.05, 0.1) is 17.8 Å². The SMILES string of the molecule is C[C@H]1CC2=C(C(=O)c3c([nH]ccc3=O)C2=O)[C@@H](C)O1. The molecule has 1 aliphatic heterocycles. The van der Waals surface area contributed by atoms with Crippen LogP contribution in [-0.2, 0) is 4.74 Å². The molecule has 0 fully saturated rings. The summed E-state index contributed by atoms with van der Waals surface area (Å²) >= 11 is 0. The first-order valence-electron chi connectivity index (χ1n) is 6.20. The molecule has 5 heteroatoms. The lowest BCUT2D eigenvalue weighted by Crippen LogP contribution is -2.39. The van der Waals surface area contributed by atoms with Crippen LogP contribution in [0.3, 0.4) is 0 Å². The average Bonchev–Trinajstić information content (AvgIpc) is 2.34. The molecule has 19 heavy (non-hydrogen) atoms. The van der Waals surface area contributed by atoms with E-state index >= 15 is 0 Å². The van der Waals surface area contributed by atoms with Crippen molar-refractivity contribution in [2.75, 3.05) is 0 Å². The van der Waals surface area contributed by atoms with Gasteiger partial charge < -0.3 is 9.72 Å². The van der Waals surface area contributed by atoms with Crippen molar-refractivity contribution < 1.29 is 14.3 Å². The summed E-state index contributed by atoms with van der Waals surface area (Å²) in [4.78, 5) is 39.4. The highest BCUT2D eigenvalue weighted by Crippen LogP contribution is 2.33. The third kappa shape index (κ3) is 1.62. The Morgan fingerprint density at radius 1 is 1.21 bits per heavy atom. The number of carbonyl (C=O) groups is 2. The van der Waals surface area contributed by atoms with Crippen LogP contribution >= 0.6 is 0 Å². The van der Waals surface area contributed by atoms with Crippen LogP contribution in [0, 0.1) is 0 Å². The second-order valence-corrected chi connectivity index (χ2v) is 4.94. The lowest BCUT2D eigenvalue weighted by molar-refractivity contribution is 0.0148. The molecule has 3 rings (SSSR count). The summed E-state index contributed by atoms with van der Waals surface area (Å²) in [5, 5.41) is 0. The molecule has 1 aliphatic carbocycles. The molecule has 0 spiro atoms. The zero-order chi connectivity index (χ0) is 13.7. The average molecular weight is 259 g/mol. The number of fused-ring (bicyclic) bond motifs is 1. The Balaban J connectivity index is 2.27. The molecule has 1 aromatic heterocycles. The van der Waals surface area contributed by atoms with Gasteiger partial charge in [0, 0.05) is 29.8 Å². The largest absolute Gasteiger partial charge is 0.370 e. The lowest BCUT2D eigenvalue weighted by Gasteiger charge is -2.32. The van der Waals surface area contributed by atoms with Crippen molar-refractivity contribution in [3.05, 3.63) is 44.9 Å². The molecule has 98 valence electrons. The number of carbonyl (C=O) groups excluding carboxylic acids is 2. The molecule has 2 heterocycles. The summed E-state index contributed by atoms with van der Waals surface area (Å²) in [5.74, 6) is -0.643.